The predicted octanol–water partition coefficient (Wildman–Crippen LogP) is 5.77. The van der Waals surface area contributed by atoms with Crippen LogP contribution in [0.5, 0.6) is 0 Å². The number of rotatable bonds is 20. The second-order valence-corrected chi connectivity index (χ2v) is 14.8. The van der Waals surface area contributed by atoms with Crippen molar-refractivity contribution >= 4 is 42.1 Å². The van der Waals surface area contributed by atoms with E-state index in [-0.39, 0.29) is 9.76 Å². The van der Waals surface area contributed by atoms with Crippen molar-refractivity contribution < 1.29 is 17.7 Å². The first-order valence-corrected chi connectivity index (χ1v) is 18.1. The van der Waals surface area contributed by atoms with Crippen molar-refractivity contribution in [3.8, 4) is 0 Å². The van der Waals surface area contributed by atoms with E-state index >= 15 is 0 Å². The lowest BCUT2D eigenvalue weighted by Crippen LogP contribution is -2.46. The zero-order chi connectivity index (χ0) is 21.9. The molecule has 4 nitrogen and oxygen atoms in total. The van der Waals surface area contributed by atoms with Crippen LogP contribution in [0.4, 0.5) is 0 Å². The molecule has 0 aromatic carbocycles. The smallest absolute Gasteiger partial charge is 0.424 e. The highest BCUT2D eigenvalue weighted by atomic mass is 32.2. The summed E-state index contributed by atoms with van der Waals surface area (Å²) in [5, 5.41) is 0.915. The van der Waals surface area contributed by atoms with Crippen molar-refractivity contribution in [2.45, 2.75) is 90.0 Å². The summed E-state index contributed by atoms with van der Waals surface area (Å²) in [4.78, 5) is 0. The van der Waals surface area contributed by atoms with Gasteiger partial charge in [0, 0.05) is 37.7 Å². The second-order valence-electron chi connectivity index (χ2n) is 7.92. The normalized spacial score (nSPS) is 20.4. The van der Waals surface area contributed by atoms with E-state index in [0.717, 1.165) is 30.2 Å². The lowest BCUT2D eigenvalue weighted by Gasteiger charge is -2.29. The Morgan fingerprint density at radius 3 is 2.27 bits per heavy atom. The fourth-order valence-electron chi connectivity index (χ4n) is 4.10. The lowest BCUT2D eigenvalue weighted by molar-refractivity contribution is 0.0712. The van der Waals surface area contributed by atoms with Gasteiger partial charge in [-0.15, -0.1) is 0 Å². The molecule has 0 N–H and O–H groups in total. The zero-order valence-corrected chi connectivity index (χ0v) is 24.2. The van der Waals surface area contributed by atoms with Gasteiger partial charge in [0.1, 0.15) is 0 Å². The Kier molecular flexibility index (Phi) is 18.8. The molecule has 8 heteroatoms. The first kappa shape index (κ1) is 29.0. The van der Waals surface area contributed by atoms with Crippen LogP contribution < -0.4 is 0 Å². The monoisotopic (exact) mass is 496 g/mol. The molecule has 1 aliphatic carbocycles. The van der Waals surface area contributed by atoms with E-state index in [4.69, 9.17) is 17.7 Å². The molecule has 0 aliphatic heterocycles. The highest BCUT2D eigenvalue weighted by Crippen LogP contribution is 2.35. The standard InChI is InChI=1S/C22H48O4S2Si2/c1-5-23-29-18-10-16-28-22-13-9-12-21(20-22)14-17-27-15-11-19-30(24-6-2,25-7-3)26-8-4/h21-22H,5-20,29H2,1-4H3. The molecule has 0 aromatic heterocycles. The number of thioether (sulfide) groups is 2. The maximum atomic E-state index is 5.96. The van der Waals surface area contributed by atoms with Crippen LogP contribution in [0.3, 0.4) is 0 Å². The summed E-state index contributed by atoms with van der Waals surface area (Å²) in [5.74, 6) is 4.79. The van der Waals surface area contributed by atoms with E-state index in [9.17, 15) is 0 Å². The predicted molar refractivity (Wildman–Crippen MR) is 140 cm³/mol. The van der Waals surface area contributed by atoms with Gasteiger partial charge in [0.15, 0.2) is 9.76 Å². The van der Waals surface area contributed by atoms with Gasteiger partial charge in [-0.05, 0) is 89.0 Å². The Hall–Kier alpha value is 0.974. The van der Waals surface area contributed by atoms with E-state index in [1.807, 2.05) is 20.8 Å². The van der Waals surface area contributed by atoms with Crippen LogP contribution in [-0.4, -0.2) is 67.5 Å². The average molecular weight is 497 g/mol. The minimum absolute atomic E-state index is 0.222. The van der Waals surface area contributed by atoms with Crippen molar-refractivity contribution in [1.82, 2.24) is 0 Å². The third-order valence-corrected chi connectivity index (χ3v) is 12.7. The lowest BCUT2D eigenvalue weighted by atomic mass is 9.87. The molecule has 1 fully saturated rings. The summed E-state index contributed by atoms with van der Waals surface area (Å²) in [6.07, 6.45) is 9.66. The summed E-state index contributed by atoms with van der Waals surface area (Å²) in [6.45, 7) is 11.2. The highest BCUT2D eigenvalue weighted by molar-refractivity contribution is 7.99. The van der Waals surface area contributed by atoms with Crippen LogP contribution in [0, 0.1) is 5.92 Å². The molecular weight excluding hydrogens is 449 g/mol. The van der Waals surface area contributed by atoms with Gasteiger partial charge in [-0.3, -0.25) is 0 Å². The van der Waals surface area contributed by atoms with Crippen molar-refractivity contribution in [1.29, 1.82) is 0 Å². The molecule has 2 atom stereocenters. The zero-order valence-electron chi connectivity index (χ0n) is 20.1. The first-order chi connectivity index (χ1) is 14.7. The molecule has 2 unspecified atom stereocenters. The SMILES string of the molecule is CCO[SiH2]CCCSC1CCCC(CCSCCC[Si](OCC)(OCC)OCC)C1. The van der Waals surface area contributed by atoms with Gasteiger partial charge in [-0.25, -0.2) is 0 Å². The third kappa shape index (κ3) is 13.5. The summed E-state index contributed by atoms with van der Waals surface area (Å²) in [7, 11) is -2.66. The Labute approximate surface area is 199 Å². The molecule has 1 saturated carbocycles. The molecule has 180 valence electrons. The van der Waals surface area contributed by atoms with Crippen LogP contribution in [-0.2, 0) is 17.7 Å². The molecule has 0 saturated heterocycles. The molecular formula is C22H48O4S2Si2. The second kappa shape index (κ2) is 19.4. The van der Waals surface area contributed by atoms with Gasteiger partial charge in [-0.1, -0.05) is 12.8 Å². The van der Waals surface area contributed by atoms with Crippen molar-refractivity contribution in [2.24, 2.45) is 5.92 Å². The maximum Gasteiger partial charge on any atom is 0.500 e. The molecule has 0 aromatic rings. The average Bonchev–Trinajstić information content (AvgIpc) is 2.74. The van der Waals surface area contributed by atoms with Crippen molar-refractivity contribution in [3.63, 3.8) is 0 Å². The highest BCUT2D eigenvalue weighted by Gasteiger charge is 2.39. The van der Waals surface area contributed by atoms with E-state index in [2.05, 4.69) is 30.4 Å². The Balaban J connectivity index is 2.13. The van der Waals surface area contributed by atoms with Gasteiger partial charge in [0.2, 0.25) is 0 Å². The van der Waals surface area contributed by atoms with Crippen LogP contribution in [0.25, 0.3) is 0 Å². The molecule has 0 heterocycles. The fourth-order valence-corrected chi connectivity index (χ4v) is 10.8. The quantitative estimate of drug-likeness (QED) is 0.157. The van der Waals surface area contributed by atoms with Crippen molar-refractivity contribution in [2.75, 3.05) is 43.7 Å². The summed E-state index contributed by atoms with van der Waals surface area (Å²) in [5.41, 5.74) is 0. The molecule has 0 bridgehead atoms. The van der Waals surface area contributed by atoms with Crippen molar-refractivity contribution in [3.05, 3.63) is 0 Å². The minimum atomic E-state index is -2.44. The molecule has 1 rings (SSSR count). The van der Waals surface area contributed by atoms with Crippen LogP contribution in [0.15, 0.2) is 0 Å². The molecule has 0 radical (unpaired) electrons. The fraction of sp³-hybridized carbons (Fsp3) is 1.00. The van der Waals surface area contributed by atoms with Gasteiger partial charge < -0.3 is 17.7 Å². The van der Waals surface area contributed by atoms with E-state index < -0.39 is 8.80 Å². The van der Waals surface area contributed by atoms with Gasteiger partial charge in [0.25, 0.3) is 0 Å². The molecule has 0 amide bonds. The Morgan fingerprint density at radius 1 is 0.867 bits per heavy atom. The summed E-state index contributed by atoms with van der Waals surface area (Å²) in [6, 6.07) is 2.30. The molecule has 30 heavy (non-hydrogen) atoms. The summed E-state index contributed by atoms with van der Waals surface area (Å²) < 4.78 is 23.5. The minimum Gasteiger partial charge on any atom is -0.424 e. The van der Waals surface area contributed by atoms with Crippen LogP contribution in [0.2, 0.25) is 12.1 Å². The molecule has 0 spiro atoms. The largest absolute Gasteiger partial charge is 0.500 e. The van der Waals surface area contributed by atoms with Gasteiger partial charge in [0.05, 0.1) is 0 Å². The van der Waals surface area contributed by atoms with E-state index in [0.29, 0.717) is 19.8 Å². The third-order valence-electron chi connectivity index (χ3n) is 5.51. The first-order valence-electron chi connectivity index (χ1n) is 12.4. The Bertz CT molecular complexity index is 377. The van der Waals surface area contributed by atoms with Crippen LogP contribution in [0.1, 0.15) is 72.6 Å². The molecule has 1 aliphatic rings. The Morgan fingerprint density at radius 2 is 1.60 bits per heavy atom. The number of hydrogen-bond acceptors (Lipinski definition) is 6. The van der Waals surface area contributed by atoms with E-state index in [1.54, 1.807) is 0 Å². The maximum absolute atomic E-state index is 5.96. The van der Waals surface area contributed by atoms with Crippen LogP contribution >= 0.6 is 23.5 Å². The van der Waals surface area contributed by atoms with Gasteiger partial charge >= 0.3 is 8.80 Å². The number of hydrogen-bond donors (Lipinski definition) is 0. The van der Waals surface area contributed by atoms with E-state index in [1.165, 1.54) is 61.8 Å². The van der Waals surface area contributed by atoms with Gasteiger partial charge in [-0.2, -0.15) is 23.5 Å². The topological polar surface area (TPSA) is 36.9 Å². The summed E-state index contributed by atoms with van der Waals surface area (Å²) >= 11 is 4.36.